The third-order valence-corrected chi connectivity index (χ3v) is 4.32. The van der Waals surface area contributed by atoms with Crippen LogP contribution in [-0.2, 0) is 4.84 Å². The maximum Gasteiger partial charge on any atom is 0.573 e. The number of nitrogens with zero attached hydrogens (tertiary/aromatic N) is 2. The second-order valence-corrected chi connectivity index (χ2v) is 5.79. The largest absolute Gasteiger partial charge is 0.573 e. The number of pyridine rings is 1. The van der Waals surface area contributed by atoms with E-state index < -0.39 is 12.1 Å². The van der Waals surface area contributed by atoms with Gasteiger partial charge in [-0.15, -0.1) is 13.2 Å². The highest BCUT2D eigenvalue weighted by Gasteiger charge is 2.44. The Bertz CT molecular complexity index is 518. The maximum atomic E-state index is 11.8. The number of halogens is 3. The van der Waals surface area contributed by atoms with Crippen molar-refractivity contribution in [2.24, 2.45) is 5.90 Å². The van der Waals surface area contributed by atoms with Crippen LogP contribution in [0.4, 0.5) is 13.2 Å². The Labute approximate surface area is 138 Å². The number of nitrogens with two attached hydrogens (primary N) is 1. The van der Waals surface area contributed by atoms with E-state index in [0.29, 0.717) is 5.54 Å². The van der Waals surface area contributed by atoms with Crippen molar-refractivity contribution in [2.75, 3.05) is 26.8 Å². The summed E-state index contributed by atoms with van der Waals surface area (Å²) in [6.07, 6.45) is 1.79. The zero-order chi connectivity index (χ0) is 17.6. The SMILES string of the molecule is COc1ncccc1OC(F)(F)F.NOCC12CCCN1CCC2. The Morgan fingerprint density at radius 3 is 2.50 bits per heavy atom. The van der Waals surface area contributed by atoms with Gasteiger partial charge in [0.2, 0.25) is 0 Å². The molecule has 0 atom stereocenters. The predicted octanol–water partition coefficient (Wildman–Crippen LogP) is 2.49. The van der Waals surface area contributed by atoms with Crippen molar-refractivity contribution in [2.45, 2.75) is 37.6 Å². The van der Waals surface area contributed by atoms with Crippen LogP contribution in [-0.4, -0.2) is 48.6 Å². The van der Waals surface area contributed by atoms with Gasteiger partial charge in [-0.05, 0) is 50.9 Å². The number of rotatable bonds is 4. The van der Waals surface area contributed by atoms with Crippen LogP contribution in [0.3, 0.4) is 0 Å². The van der Waals surface area contributed by atoms with Gasteiger partial charge in [-0.2, -0.15) is 0 Å². The number of methoxy groups -OCH3 is 1. The van der Waals surface area contributed by atoms with E-state index in [1.165, 1.54) is 58.1 Å². The average molecular weight is 349 g/mol. The fraction of sp³-hybridized carbons (Fsp3) is 0.667. The molecule has 2 aliphatic heterocycles. The van der Waals surface area contributed by atoms with E-state index in [1.807, 2.05) is 0 Å². The minimum absolute atomic E-state index is 0.195. The van der Waals surface area contributed by atoms with Crippen molar-refractivity contribution < 1.29 is 27.5 Å². The van der Waals surface area contributed by atoms with Crippen LogP contribution >= 0.6 is 0 Å². The van der Waals surface area contributed by atoms with Gasteiger partial charge in [0, 0.05) is 11.7 Å². The molecule has 0 amide bonds. The Morgan fingerprint density at radius 1 is 1.29 bits per heavy atom. The lowest BCUT2D eigenvalue weighted by Crippen LogP contribution is -2.43. The normalized spacial score (nSPS) is 19.4. The van der Waals surface area contributed by atoms with E-state index in [2.05, 4.69) is 19.4 Å². The number of hydrogen-bond acceptors (Lipinski definition) is 6. The van der Waals surface area contributed by atoms with Crippen LogP contribution in [0, 0.1) is 0 Å². The topological polar surface area (TPSA) is 69.8 Å². The van der Waals surface area contributed by atoms with Crippen molar-refractivity contribution >= 4 is 0 Å². The number of alkyl halides is 3. The molecule has 0 aromatic carbocycles. The zero-order valence-electron chi connectivity index (χ0n) is 13.5. The average Bonchev–Trinajstić information content (AvgIpc) is 3.07. The zero-order valence-corrected chi connectivity index (χ0v) is 13.5. The fourth-order valence-corrected chi connectivity index (χ4v) is 3.35. The smallest absolute Gasteiger partial charge is 0.478 e. The lowest BCUT2D eigenvalue weighted by atomic mass is 9.95. The highest BCUT2D eigenvalue weighted by Crippen LogP contribution is 2.38. The summed E-state index contributed by atoms with van der Waals surface area (Å²) < 4.78 is 43.4. The maximum absolute atomic E-state index is 11.8. The van der Waals surface area contributed by atoms with Crippen LogP contribution in [0.5, 0.6) is 11.6 Å². The van der Waals surface area contributed by atoms with Gasteiger partial charge in [0.25, 0.3) is 5.88 Å². The van der Waals surface area contributed by atoms with Crippen molar-refractivity contribution in [3.05, 3.63) is 18.3 Å². The predicted molar refractivity (Wildman–Crippen MR) is 80.4 cm³/mol. The summed E-state index contributed by atoms with van der Waals surface area (Å²) in [5.41, 5.74) is 0.342. The van der Waals surface area contributed by atoms with Crippen molar-refractivity contribution in [3.8, 4) is 11.6 Å². The van der Waals surface area contributed by atoms with Gasteiger partial charge in [0.1, 0.15) is 0 Å². The first kappa shape index (κ1) is 18.8. The van der Waals surface area contributed by atoms with Crippen molar-refractivity contribution in [1.29, 1.82) is 0 Å². The summed E-state index contributed by atoms with van der Waals surface area (Å²) in [5.74, 6) is 4.49. The summed E-state index contributed by atoms with van der Waals surface area (Å²) in [6.45, 7) is 3.24. The van der Waals surface area contributed by atoms with E-state index in [4.69, 9.17) is 10.7 Å². The van der Waals surface area contributed by atoms with E-state index in [0.717, 1.165) is 12.7 Å². The molecule has 0 saturated carbocycles. The standard InChI is InChI=1S/C8H16N2O.C7H6F3NO2/c9-11-7-8-3-1-5-10(8)6-2-4-8;1-12-6-5(3-2-4-11-6)13-7(8,9)10/h1-7,9H2;2-4H,1H3. The van der Waals surface area contributed by atoms with E-state index in [1.54, 1.807) is 0 Å². The molecule has 1 aromatic heterocycles. The number of ether oxygens (including phenoxy) is 2. The Balaban J connectivity index is 0.000000175. The van der Waals surface area contributed by atoms with Crippen molar-refractivity contribution in [1.82, 2.24) is 9.88 Å². The summed E-state index contributed by atoms with van der Waals surface area (Å²) in [4.78, 5) is 10.9. The quantitative estimate of drug-likeness (QED) is 0.843. The molecule has 136 valence electrons. The second-order valence-electron chi connectivity index (χ2n) is 5.79. The van der Waals surface area contributed by atoms with E-state index in [9.17, 15) is 13.2 Å². The molecule has 3 heterocycles. The molecule has 1 aromatic rings. The number of aromatic nitrogens is 1. The fourth-order valence-electron chi connectivity index (χ4n) is 3.35. The number of hydrogen-bond donors (Lipinski definition) is 1. The van der Waals surface area contributed by atoms with Crippen LogP contribution in [0.1, 0.15) is 25.7 Å². The minimum Gasteiger partial charge on any atom is -0.478 e. The van der Waals surface area contributed by atoms with Crippen LogP contribution in [0.15, 0.2) is 18.3 Å². The summed E-state index contributed by atoms with van der Waals surface area (Å²) >= 11 is 0. The molecule has 0 aliphatic carbocycles. The number of fused-ring (bicyclic) bond motifs is 1. The van der Waals surface area contributed by atoms with E-state index >= 15 is 0 Å². The molecule has 3 rings (SSSR count). The first-order valence-electron chi connectivity index (χ1n) is 7.72. The second kappa shape index (κ2) is 8.00. The van der Waals surface area contributed by atoms with Crippen LogP contribution < -0.4 is 15.4 Å². The lowest BCUT2D eigenvalue weighted by molar-refractivity contribution is -0.275. The van der Waals surface area contributed by atoms with E-state index in [-0.39, 0.29) is 5.88 Å². The molecule has 0 unspecified atom stereocenters. The monoisotopic (exact) mass is 349 g/mol. The first-order valence-corrected chi connectivity index (χ1v) is 7.72. The van der Waals surface area contributed by atoms with Gasteiger partial charge >= 0.3 is 6.36 Å². The van der Waals surface area contributed by atoms with Gasteiger partial charge in [-0.1, -0.05) is 0 Å². The Morgan fingerprint density at radius 2 is 1.96 bits per heavy atom. The minimum atomic E-state index is -4.73. The first-order chi connectivity index (χ1) is 11.4. The Hall–Kier alpha value is -1.58. The molecule has 0 radical (unpaired) electrons. The van der Waals surface area contributed by atoms with Gasteiger partial charge in [0.05, 0.1) is 13.7 Å². The van der Waals surface area contributed by atoms with Crippen LogP contribution in [0.2, 0.25) is 0 Å². The molecular weight excluding hydrogens is 327 g/mol. The summed E-state index contributed by atoms with van der Waals surface area (Å²) in [5, 5.41) is 0. The highest BCUT2D eigenvalue weighted by atomic mass is 19.4. The summed E-state index contributed by atoms with van der Waals surface area (Å²) in [6, 6.07) is 2.45. The molecule has 0 spiro atoms. The van der Waals surface area contributed by atoms with Gasteiger partial charge in [0.15, 0.2) is 5.75 Å². The third-order valence-electron chi connectivity index (χ3n) is 4.32. The molecule has 0 bridgehead atoms. The molecule has 24 heavy (non-hydrogen) atoms. The summed E-state index contributed by atoms with van der Waals surface area (Å²) in [7, 11) is 1.21. The Kier molecular flexibility index (Phi) is 6.25. The van der Waals surface area contributed by atoms with Crippen molar-refractivity contribution in [3.63, 3.8) is 0 Å². The molecular formula is C15H22F3N3O3. The molecule has 2 aliphatic rings. The third kappa shape index (κ3) is 4.71. The van der Waals surface area contributed by atoms with Gasteiger partial charge in [-0.3, -0.25) is 4.90 Å². The highest BCUT2D eigenvalue weighted by molar-refractivity contribution is 5.32. The lowest BCUT2D eigenvalue weighted by Gasteiger charge is -2.30. The van der Waals surface area contributed by atoms with Crippen LogP contribution in [0.25, 0.3) is 0 Å². The molecule has 2 saturated heterocycles. The van der Waals surface area contributed by atoms with Gasteiger partial charge < -0.3 is 14.3 Å². The molecule has 2 N–H and O–H groups in total. The molecule has 9 heteroatoms. The van der Waals surface area contributed by atoms with Gasteiger partial charge in [-0.25, -0.2) is 10.9 Å². The molecule has 6 nitrogen and oxygen atoms in total. The molecule has 2 fully saturated rings.